The minimum Gasteiger partial charge on any atom is -0.617 e. The number of nitro benzene ring substituents is 1. The number of nitrogens with zero attached hydrogens (tertiary/aromatic N) is 3. The number of hydrogen-bond donors (Lipinski definition) is 1. The molecule has 9 nitrogen and oxygen atoms in total. The molecule has 1 aliphatic heterocycles. The van der Waals surface area contributed by atoms with Crippen molar-refractivity contribution in [3.63, 3.8) is 0 Å². The molecular formula is C28H22F6N4O5S. The zero-order valence-corrected chi connectivity index (χ0v) is 23.3. The minimum atomic E-state index is -4.93. The van der Waals surface area contributed by atoms with Crippen molar-refractivity contribution in [2.45, 2.75) is 37.8 Å². The van der Waals surface area contributed by atoms with Crippen LogP contribution in [-0.4, -0.2) is 30.3 Å². The highest BCUT2D eigenvalue weighted by Crippen LogP contribution is 2.38. The van der Waals surface area contributed by atoms with Gasteiger partial charge in [-0.05, 0) is 65.5 Å². The molecule has 1 aromatic heterocycles. The highest BCUT2D eigenvalue weighted by Gasteiger charge is 2.37. The number of ether oxygens (including phenoxy) is 1. The van der Waals surface area contributed by atoms with Gasteiger partial charge in [-0.1, -0.05) is 24.3 Å². The molecule has 1 fully saturated rings. The van der Waals surface area contributed by atoms with Gasteiger partial charge in [0.05, 0.1) is 10.5 Å². The number of hydrogen-bond acceptors (Lipinski definition) is 7. The lowest BCUT2D eigenvalue weighted by Crippen LogP contribution is -2.37. The number of non-ortho nitro benzene ring substituents is 1. The average Bonchev–Trinajstić information content (AvgIpc) is 3.31. The van der Waals surface area contributed by atoms with Crippen molar-refractivity contribution >= 4 is 38.8 Å². The van der Waals surface area contributed by atoms with E-state index in [1.54, 1.807) is 24.3 Å². The van der Waals surface area contributed by atoms with Crippen LogP contribution in [0.3, 0.4) is 0 Å². The minimum absolute atomic E-state index is 0.0145. The first-order valence-electron chi connectivity index (χ1n) is 13.1. The normalized spacial score (nSPS) is 14.5. The van der Waals surface area contributed by atoms with E-state index in [-0.39, 0.29) is 27.6 Å². The molecule has 4 aromatic rings. The molecule has 1 aliphatic rings. The molecule has 0 aliphatic carbocycles. The maximum atomic E-state index is 13.2. The van der Waals surface area contributed by atoms with Crippen LogP contribution < -0.4 is 19.7 Å². The largest absolute Gasteiger partial charge is 0.617 e. The van der Waals surface area contributed by atoms with Gasteiger partial charge in [0.25, 0.3) is 5.69 Å². The predicted octanol–water partition coefficient (Wildman–Crippen LogP) is 6.67. The molecule has 1 amide bonds. The van der Waals surface area contributed by atoms with E-state index in [1.165, 1.54) is 12.1 Å². The molecule has 3 aromatic carbocycles. The third-order valence-electron chi connectivity index (χ3n) is 7.20. The van der Waals surface area contributed by atoms with Crippen molar-refractivity contribution in [1.29, 1.82) is 0 Å². The van der Waals surface area contributed by atoms with Crippen molar-refractivity contribution in [3.05, 3.63) is 97.7 Å². The molecule has 0 spiro atoms. The van der Waals surface area contributed by atoms with Gasteiger partial charge in [-0.25, -0.2) is 0 Å². The molecule has 0 atom stereocenters. The number of anilines is 1. The molecule has 1 N–H and O–H groups in total. The Labute approximate surface area is 249 Å². The van der Waals surface area contributed by atoms with E-state index in [0.29, 0.717) is 42.1 Å². The van der Waals surface area contributed by atoms with Gasteiger partial charge < -0.3 is 20.2 Å². The van der Waals surface area contributed by atoms with Crippen LogP contribution in [0.2, 0.25) is 0 Å². The summed E-state index contributed by atoms with van der Waals surface area (Å²) < 4.78 is 80.4. The van der Waals surface area contributed by atoms with Crippen LogP contribution in [0.5, 0.6) is 5.75 Å². The fourth-order valence-electron chi connectivity index (χ4n) is 5.03. The van der Waals surface area contributed by atoms with Crippen LogP contribution in [0.25, 0.3) is 10.2 Å². The Hall–Kier alpha value is -4.60. The molecule has 16 heteroatoms. The zero-order valence-electron chi connectivity index (χ0n) is 22.4. The average molecular weight is 641 g/mol. The zero-order chi connectivity index (χ0) is 31.8. The summed E-state index contributed by atoms with van der Waals surface area (Å²) in [6.45, 7) is 1.40. The van der Waals surface area contributed by atoms with Gasteiger partial charge in [-0.3, -0.25) is 14.9 Å². The Morgan fingerprint density at radius 1 is 1.02 bits per heavy atom. The third-order valence-corrected chi connectivity index (χ3v) is 8.37. The Morgan fingerprint density at radius 3 is 2.23 bits per heavy atom. The van der Waals surface area contributed by atoms with E-state index in [2.05, 4.69) is 15.0 Å². The second-order valence-corrected chi connectivity index (χ2v) is 11.0. The van der Waals surface area contributed by atoms with Gasteiger partial charge in [0.15, 0.2) is 4.70 Å². The summed E-state index contributed by atoms with van der Waals surface area (Å²) in [6, 6.07) is 13.9. The standard InChI is InChI=1S/C28H22F6N4O5S/c29-27(30,31)19-13-22-24(23(14-19)38(41)42)44-26(37(22)40)25(39)35-15-16-1-5-20(6-2-16)36-11-9-18(10-12-36)17-3-7-21(8-4-17)43-28(32,33)34/h1-8,13-14,18H,9-12,15H2,(H,35,39). The van der Waals surface area contributed by atoms with Gasteiger partial charge >= 0.3 is 23.5 Å². The molecule has 5 rings (SSSR count). The number of carbonyl (C=O) groups excluding carboxylic acids is 1. The molecule has 44 heavy (non-hydrogen) atoms. The number of alkyl halides is 6. The van der Waals surface area contributed by atoms with Crippen molar-refractivity contribution in [3.8, 4) is 5.75 Å². The fraction of sp³-hybridized carbons (Fsp3) is 0.286. The number of nitrogens with one attached hydrogen (secondary N) is 1. The molecule has 1 saturated heterocycles. The Morgan fingerprint density at radius 2 is 1.66 bits per heavy atom. The van der Waals surface area contributed by atoms with Crippen LogP contribution in [-0.2, 0) is 12.7 Å². The summed E-state index contributed by atoms with van der Waals surface area (Å²) in [5.74, 6) is -0.984. The SMILES string of the molecule is O=C(NCc1ccc(N2CCC(c3ccc(OC(F)(F)F)cc3)CC2)cc1)c1sc2c([N+](=O)[O-])cc(C(F)(F)F)cc2[n+]1[O-]. The summed E-state index contributed by atoms with van der Waals surface area (Å²) in [5.41, 5.74) is -0.398. The van der Waals surface area contributed by atoms with Gasteiger partial charge in [-0.15, -0.1) is 17.9 Å². The van der Waals surface area contributed by atoms with Gasteiger partial charge in [-0.2, -0.15) is 13.2 Å². The number of halogens is 6. The number of nitro groups is 1. The number of thiazole rings is 1. The lowest BCUT2D eigenvalue weighted by molar-refractivity contribution is -0.574. The van der Waals surface area contributed by atoms with Crippen molar-refractivity contribution in [2.75, 3.05) is 18.0 Å². The number of carbonyl (C=O) groups is 1. The number of aromatic nitrogens is 1. The topological polar surface area (TPSA) is 112 Å². The van der Waals surface area contributed by atoms with Gasteiger partial charge in [0, 0.05) is 37.5 Å². The lowest BCUT2D eigenvalue weighted by atomic mass is 9.89. The number of piperidine rings is 1. The predicted molar refractivity (Wildman–Crippen MR) is 147 cm³/mol. The fourth-order valence-corrected chi connectivity index (χ4v) is 6.06. The van der Waals surface area contributed by atoms with E-state index in [1.807, 2.05) is 12.1 Å². The number of amides is 1. The Kier molecular flexibility index (Phi) is 8.29. The first-order valence-corrected chi connectivity index (χ1v) is 13.9. The van der Waals surface area contributed by atoms with E-state index in [9.17, 15) is 46.5 Å². The van der Waals surface area contributed by atoms with Gasteiger partial charge in [0.1, 0.15) is 5.75 Å². The quantitative estimate of drug-likeness (QED) is 0.0794. The molecular weight excluding hydrogens is 618 g/mol. The van der Waals surface area contributed by atoms with E-state index >= 15 is 0 Å². The summed E-state index contributed by atoms with van der Waals surface area (Å²) in [5, 5.41) is 26.0. The molecule has 232 valence electrons. The van der Waals surface area contributed by atoms with Crippen LogP contribution >= 0.6 is 11.3 Å². The monoisotopic (exact) mass is 640 g/mol. The first-order chi connectivity index (χ1) is 20.7. The number of benzene rings is 3. The van der Waals surface area contributed by atoms with Crippen LogP contribution in [0.4, 0.5) is 37.7 Å². The van der Waals surface area contributed by atoms with Crippen molar-refractivity contribution in [1.82, 2.24) is 5.32 Å². The van der Waals surface area contributed by atoms with Crippen LogP contribution in [0.1, 0.15) is 45.3 Å². The highest BCUT2D eigenvalue weighted by atomic mass is 32.1. The highest BCUT2D eigenvalue weighted by molar-refractivity contribution is 7.20. The van der Waals surface area contributed by atoms with Crippen molar-refractivity contribution in [2.24, 2.45) is 0 Å². The maximum Gasteiger partial charge on any atom is 0.573 e. The molecule has 2 heterocycles. The molecule has 0 unspecified atom stereocenters. The second-order valence-electron chi connectivity index (χ2n) is 10.0. The molecule has 0 bridgehead atoms. The summed E-state index contributed by atoms with van der Waals surface area (Å²) in [7, 11) is 0. The Balaban J connectivity index is 1.19. The number of fused-ring (bicyclic) bond motifs is 1. The lowest BCUT2D eigenvalue weighted by Gasteiger charge is -2.34. The maximum absolute atomic E-state index is 13.2. The summed E-state index contributed by atoms with van der Waals surface area (Å²) in [4.78, 5) is 25.2. The number of rotatable bonds is 7. The van der Waals surface area contributed by atoms with Crippen LogP contribution in [0.15, 0.2) is 60.7 Å². The Bertz CT molecular complexity index is 1680. The first kappa shape index (κ1) is 30.8. The van der Waals surface area contributed by atoms with Gasteiger partial charge in [0.2, 0.25) is 5.52 Å². The second kappa shape index (κ2) is 11.8. The summed E-state index contributed by atoms with van der Waals surface area (Å²) in [6.07, 6.45) is -8.11. The van der Waals surface area contributed by atoms with E-state index in [0.717, 1.165) is 24.1 Å². The molecule has 0 radical (unpaired) electrons. The smallest absolute Gasteiger partial charge is 0.573 e. The van der Waals surface area contributed by atoms with Crippen molar-refractivity contribution < 1.29 is 45.5 Å². The molecule has 0 saturated carbocycles. The van der Waals surface area contributed by atoms with E-state index in [4.69, 9.17) is 0 Å². The third kappa shape index (κ3) is 6.79. The van der Waals surface area contributed by atoms with Crippen LogP contribution in [0, 0.1) is 15.3 Å². The summed E-state index contributed by atoms with van der Waals surface area (Å²) >= 11 is 0.435. The van der Waals surface area contributed by atoms with E-state index < -0.39 is 45.1 Å².